The van der Waals surface area contributed by atoms with Crippen molar-refractivity contribution in [2.45, 2.75) is 20.3 Å². The first kappa shape index (κ1) is 11.8. The molecule has 92 valence electrons. The van der Waals surface area contributed by atoms with Crippen LogP contribution in [0.4, 0.5) is 5.82 Å². The minimum Gasteiger partial charge on any atom is -0.372 e. The lowest BCUT2D eigenvalue weighted by Crippen LogP contribution is -2.31. The lowest BCUT2D eigenvalue weighted by molar-refractivity contribution is 0.0771. The van der Waals surface area contributed by atoms with Crippen molar-refractivity contribution in [1.29, 1.82) is 0 Å². The smallest absolute Gasteiger partial charge is 0.274 e. The first-order valence-electron chi connectivity index (χ1n) is 5.83. The summed E-state index contributed by atoms with van der Waals surface area (Å²) in [7, 11) is 1.77. The van der Waals surface area contributed by atoms with Crippen LogP contribution in [0, 0.1) is 5.41 Å². The summed E-state index contributed by atoms with van der Waals surface area (Å²) in [4.78, 5) is 14.0. The van der Waals surface area contributed by atoms with E-state index in [0.29, 0.717) is 11.5 Å². The fourth-order valence-electron chi connectivity index (χ4n) is 2.03. The van der Waals surface area contributed by atoms with Gasteiger partial charge >= 0.3 is 0 Å². The van der Waals surface area contributed by atoms with Crippen LogP contribution in [0.5, 0.6) is 0 Å². The third kappa shape index (κ3) is 2.54. The predicted octanol–water partition coefficient (Wildman–Crippen LogP) is 1.39. The molecule has 1 aromatic heterocycles. The zero-order valence-corrected chi connectivity index (χ0v) is 10.5. The quantitative estimate of drug-likeness (QED) is 0.840. The number of carbonyl (C=O) groups is 1. The molecule has 1 amide bonds. The highest BCUT2D eigenvalue weighted by Crippen LogP contribution is 2.29. The molecule has 1 N–H and O–H groups in total. The van der Waals surface area contributed by atoms with Crippen molar-refractivity contribution in [3.8, 4) is 0 Å². The van der Waals surface area contributed by atoms with E-state index in [1.807, 2.05) is 4.90 Å². The average molecular weight is 234 g/mol. The molecule has 0 bridgehead atoms. The van der Waals surface area contributed by atoms with Crippen LogP contribution in [0.3, 0.4) is 0 Å². The van der Waals surface area contributed by atoms with Crippen LogP contribution in [-0.2, 0) is 0 Å². The van der Waals surface area contributed by atoms with Crippen LogP contribution in [0.2, 0.25) is 0 Å². The van der Waals surface area contributed by atoms with Gasteiger partial charge in [0.1, 0.15) is 5.82 Å². The van der Waals surface area contributed by atoms with Gasteiger partial charge in [0.2, 0.25) is 0 Å². The number of likely N-dealkylation sites (tertiary alicyclic amines) is 1. The van der Waals surface area contributed by atoms with Gasteiger partial charge in [-0.25, -0.2) is 0 Å². The maximum Gasteiger partial charge on any atom is 0.274 e. The molecule has 0 radical (unpaired) electrons. The molecule has 2 rings (SSSR count). The lowest BCUT2D eigenvalue weighted by Gasteiger charge is -2.19. The van der Waals surface area contributed by atoms with Gasteiger partial charge in [0.15, 0.2) is 5.69 Å². The second-order valence-corrected chi connectivity index (χ2v) is 5.19. The Balaban J connectivity index is 2.09. The van der Waals surface area contributed by atoms with Crippen molar-refractivity contribution >= 4 is 11.7 Å². The number of rotatable bonds is 2. The molecule has 1 fully saturated rings. The fraction of sp³-hybridized carbons (Fsp3) is 0.583. The molecular formula is C12H18N4O. The van der Waals surface area contributed by atoms with Crippen molar-refractivity contribution < 1.29 is 4.79 Å². The molecule has 2 heterocycles. The highest BCUT2D eigenvalue weighted by Gasteiger charge is 2.32. The van der Waals surface area contributed by atoms with Gasteiger partial charge < -0.3 is 10.2 Å². The number of carbonyl (C=O) groups excluding carboxylic acids is 1. The van der Waals surface area contributed by atoms with Crippen LogP contribution >= 0.6 is 0 Å². The minimum atomic E-state index is -0.0225. The number of amides is 1. The monoisotopic (exact) mass is 234 g/mol. The molecule has 0 saturated carbocycles. The molecule has 0 unspecified atom stereocenters. The summed E-state index contributed by atoms with van der Waals surface area (Å²) in [6.45, 7) is 5.95. The second kappa shape index (κ2) is 4.31. The van der Waals surface area contributed by atoms with E-state index in [4.69, 9.17) is 0 Å². The van der Waals surface area contributed by atoms with E-state index < -0.39 is 0 Å². The highest BCUT2D eigenvalue weighted by atomic mass is 16.2. The van der Waals surface area contributed by atoms with Crippen LogP contribution in [0.1, 0.15) is 30.8 Å². The third-order valence-electron chi connectivity index (χ3n) is 3.10. The topological polar surface area (TPSA) is 58.1 Å². The van der Waals surface area contributed by atoms with Gasteiger partial charge in [-0.2, -0.15) is 0 Å². The fourth-order valence-corrected chi connectivity index (χ4v) is 2.03. The number of aromatic nitrogens is 2. The van der Waals surface area contributed by atoms with E-state index in [-0.39, 0.29) is 11.3 Å². The Kier molecular flexibility index (Phi) is 3.00. The molecule has 1 saturated heterocycles. The zero-order chi connectivity index (χ0) is 12.5. The predicted molar refractivity (Wildman–Crippen MR) is 65.9 cm³/mol. The van der Waals surface area contributed by atoms with E-state index in [1.54, 1.807) is 19.2 Å². The van der Waals surface area contributed by atoms with Gasteiger partial charge in [-0.3, -0.25) is 4.79 Å². The normalized spacial score (nSPS) is 18.2. The summed E-state index contributed by atoms with van der Waals surface area (Å²) in [6.07, 6.45) is 1.04. The summed E-state index contributed by atoms with van der Waals surface area (Å²) in [6, 6.07) is 3.48. The zero-order valence-electron chi connectivity index (χ0n) is 10.5. The summed E-state index contributed by atoms with van der Waals surface area (Å²) >= 11 is 0. The van der Waals surface area contributed by atoms with Gasteiger partial charge in [-0.15, -0.1) is 10.2 Å². The molecule has 17 heavy (non-hydrogen) atoms. The van der Waals surface area contributed by atoms with Gasteiger partial charge in [0.05, 0.1) is 0 Å². The van der Waals surface area contributed by atoms with Crippen LogP contribution in [0.25, 0.3) is 0 Å². The summed E-state index contributed by atoms with van der Waals surface area (Å²) in [5, 5.41) is 10.7. The lowest BCUT2D eigenvalue weighted by atomic mass is 9.93. The Hall–Kier alpha value is -1.65. The Labute approximate surface area is 101 Å². The second-order valence-electron chi connectivity index (χ2n) is 5.19. The third-order valence-corrected chi connectivity index (χ3v) is 3.10. The molecule has 1 aliphatic heterocycles. The minimum absolute atomic E-state index is 0.0225. The molecule has 5 heteroatoms. The molecule has 1 aromatic rings. The maximum atomic E-state index is 12.1. The van der Waals surface area contributed by atoms with Crippen LogP contribution in [-0.4, -0.2) is 41.1 Å². The first-order valence-corrected chi connectivity index (χ1v) is 5.83. The van der Waals surface area contributed by atoms with Crippen molar-refractivity contribution in [3.05, 3.63) is 17.8 Å². The summed E-state index contributed by atoms with van der Waals surface area (Å²) < 4.78 is 0. The van der Waals surface area contributed by atoms with Crippen molar-refractivity contribution in [1.82, 2.24) is 15.1 Å². The molecule has 5 nitrogen and oxygen atoms in total. The SMILES string of the molecule is CNc1ccc(C(=O)N2CCC(C)(C)C2)nn1. The molecule has 0 spiro atoms. The summed E-state index contributed by atoms with van der Waals surface area (Å²) in [5.41, 5.74) is 0.635. The van der Waals surface area contributed by atoms with Crippen molar-refractivity contribution in [3.63, 3.8) is 0 Å². The maximum absolute atomic E-state index is 12.1. The van der Waals surface area contributed by atoms with E-state index in [9.17, 15) is 4.79 Å². The van der Waals surface area contributed by atoms with E-state index >= 15 is 0 Å². The van der Waals surface area contributed by atoms with Gasteiger partial charge in [0, 0.05) is 20.1 Å². The van der Waals surface area contributed by atoms with Gasteiger partial charge in [0.25, 0.3) is 5.91 Å². The van der Waals surface area contributed by atoms with E-state index in [1.165, 1.54) is 0 Å². The number of hydrogen-bond acceptors (Lipinski definition) is 4. The Morgan fingerprint density at radius 3 is 2.65 bits per heavy atom. The van der Waals surface area contributed by atoms with Gasteiger partial charge in [-0.05, 0) is 24.0 Å². The first-order chi connectivity index (χ1) is 8.02. The van der Waals surface area contributed by atoms with Crippen molar-refractivity contribution in [2.24, 2.45) is 5.41 Å². The number of anilines is 1. The average Bonchev–Trinajstić information content (AvgIpc) is 2.69. The van der Waals surface area contributed by atoms with Crippen LogP contribution < -0.4 is 5.32 Å². The standard InChI is InChI=1S/C12H18N4O/c1-12(2)6-7-16(8-12)11(17)9-4-5-10(13-3)15-14-9/h4-5H,6-8H2,1-3H3,(H,13,15). The van der Waals surface area contributed by atoms with E-state index in [2.05, 4.69) is 29.4 Å². The number of nitrogens with zero attached hydrogens (tertiary/aromatic N) is 3. The Bertz CT molecular complexity index is 413. The highest BCUT2D eigenvalue weighted by molar-refractivity contribution is 5.92. The molecule has 0 atom stereocenters. The number of hydrogen-bond donors (Lipinski definition) is 1. The number of nitrogens with one attached hydrogen (secondary N) is 1. The molecule has 1 aliphatic rings. The molecule has 0 aliphatic carbocycles. The van der Waals surface area contributed by atoms with E-state index in [0.717, 1.165) is 19.5 Å². The molecular weight excluding hydrogens is 216 g/mol. The van der Waals surface area contributed by atoms with Gasteiger partial charge in [-0.1, -0.05) is 13.8 Å². The largest absolute Gasteiger partial charge is 0.372 e. The Morgan fingerprint density at radius 2 is 2.18 bits per heavy atom. The van der Waals surface area contributed by atoms with Crippen LogP contribution in [0.15, 0.2) is 12.1 Å². The van der Waals surface area contributed by atoms with Crippen molar-refractivity contribution in [2.75, 3.05) is 25.5 Å². The Morgan fingerprint density at radius 1 is 1.41 bits per heavy atom. The molecule has 0 aromatic carbocycles. The summed E-state index contributed by atoms with van der Waals surface area (Å²) in [5.74, 6) is 0.647.